The third-order valence-electron chi connectivity index (χ3n) is 2.12. The highest BCUT2D eigenvalue weighted by atomic mass is 16.3. The zero-order valence-electron chi connectivity index (χ0n) is 6.60. The standard InChI is InChI=1S/C8H10N2O2/c11-5-6-4-10-2-1-7(12)3-8(10)9-6/h4-5,7,12H,1-3H2. The van der Waals surface area contributed by atoms with E-state index in [1.807, 2.05) is 4.57 Å². The minimum Gasteiger partial charge on any atom is -0.393 e. The van der Waals surface area contributed by atoms with E-state index in [1.54, 1.807) is 6.20 Å². The molecule has 1 unspecified atom stereocenters. The summed E-state index contributed by atoms with van der Waals surface area (Å²) in [4.78, 5) is 14.4. The quantitative estimate of drug-likeness (QED) is 0.597. The van der Waals surface area contributed by atoms with Crippen molar-refractivity contribution in [3.8, 4) is 0 Å². The molecule has 1 atom stereocenters. The van der Waals surface area contributed by atoms with Gasteiger partial charge in [-0.25, -0.2) is 4.98 Å². The molecule has 1 N–H and O–H groups in total. The van der Waals surface area contributed by atoms with E-state index in [1.165, 1.54) is 0 Å². The maximum Gasteiger partial charge on any atom is 0.170 e. The monoisotopic (exact) mass is 166 g/mol. The first-order valence-corrected chi connectivity index (χ1v) is 3.99. The molecule has 12 heavy (non-hydrogen) atoms. The third kappa shape index (κ3) is 1.14. The first-order valence-electron chi connectivity index (χ1n) is 3.99. The van der Waals surface area contributed by atoms with Crippen LogP contribution in [0.3, 0.4) is 0 Å². The van der Waals surface area contributed by atoms with E-state index >= 15 is 0 Å². The van der Waals surface area contributed by atoms with Gasteiger partial charge in [-0.1, -0.05) is 0 Å². The SMILES string of the molecule is O=Cc1cn2c(n1)CC(O)CC2. The van der Waals surface area contributed by atoms with Gasteiger partial charge in [-0.05, 0) is 6.42 Å². The number of rotatable bonds is 1. The molecular formula is C8H10N2O2. The lowest BCUT2D eigenvalue weighted by Crippen LogP contribution is -2.22. The van der Waals surface area contributed by atoms with Crippen LogP contribution in [0, 0.1) is 0 Å². The first kappa shape index (κ1) is 7.49. The number of aldehydes is 1. The van der Waals surface area contributed by atoms with Crippen LogP contribution in [0.4, 0.5) is 0 Å². The number of carbonyl (C=O) groups excluding carboxylic acids is 1. The van der Waals surface area contributed by atoms with Gasteiger partial charge < -0.3 is 9.67 Å². The summed E-state index contributed by atoms with van der Waals surface area (Å²) in [5, 5.41) is 9.30. The minimum absolute atomic E-state index is 0.292. The van der Waals surface area contributed by atoms with Gasteiger partial charge in [0.15, 0.2) is 6.29 Å². The zero-order chi connectivity index (χ0) is 8.55. The van der Waals surface area contributed by atoms with E-state index in [-0.39, 0.29) is 6.10 Å². The Bertz CT molecular complexity index is 306. The second-order valence-electron chi connectivity index (χ2n) is 3.04. The van der Waals surface area contributed by atoms with Crippen molar-refractivity contribution in [2.45, 2.75) is 25.5 Å². The van der Waals surface area contributed by atoms with Gasteiger partial charge in [0, 0.05) is 19.2 Å². The lowest BCUT2D eigenvalue weighted by molar-refractivity contribution is 0.111. The zero-order valence-corrected chi connectivity index (χ0v) is 6.60. The van der Waals surface area contributed by atoms with Crippen molar-refractivity contribution >= 4 is 6.29 Å². The van der Waals surface area contributed by atoms with E-state index in [2.05, 4.69) is 4.98 Å². The minimum atomic E-state index is -0.292. The Morgan fingerprint density at radius 2 is 2.58 bits per heavy atom. The van der Waals surface area contributed by atoms with E-state index in [4.69, 9.17) is 0 Å². The maximum absolute atomic E-state index is 10.4. The molecular weight excluding hydrogens is 156 g/mol. The lowest BCUT2D eigenvalue weighted by Gasteiger charge is -2.18. The van der Waals surface area contributed by atoms with Crippen molar-refractivity contribution in [1.82, 2.24) is 9.55 Å². The Kier molecular flexibility index (Phi) is 1.69. The van der Waals surface area contributed by atoms with Crippen LogP contribution in [0.1, 0.15) is 22.7 Å². The average Bonchev–Trinajstić information content (AvgIpc) is 2.46. The highest BCUT2D eigenvalue weighted by molar-refractivity contribution is 5.71. The number of fused-ring (bicyclic) bond motifs is 1. The molecule has 4 heteroatoms. The van der Waals surface area contributed by atoms with Crippen LogP contribution in [0.25, 0.3) is 0 Å². The number of carbonyl (C=O) groups is 1. The molecule has 0 bridgehead atoms. The largest absolute Gasteiger partial charge is 0.393 e. The molecule has 0 amide bonds. The maximum atomic E-state index is 10.4. The number of aryl methyl sites for hydroxylation is 1. The van der Waals surface area contributed by atoms with Crippen LogP contribution in [0.15, 0.2) is 6.20 Å². The Balaban J connectivity index is 2.34. The van der Waals surface area contributed by atoms with Crippen molar-refractivity contribution in [2.24, 2.45) is 0 Å². The predicted octanol–water partition coefficient (Wildman–Crippen LogP) is 0.00270. The van der Waals surface area contributed by atoms with Crippen molar-refractivity contribution < 1.29 is 9.90 Å². The summed E-state index contributed by atoms with van der Waals surface area (Å²) in [7, 11) is 0. The second kappa shape index (κ2) is 2.71. The fourth-order valence-corrected chi connectivity index (χ4v) is 1.49. The van der Waals surface area contributed by atoms with Gasteiger partial charge in [0.05, 0.1) is 6.10 Å². The van der Waals surface area contributed by atoms with Crippen LogP contribution in [-0.2, 0) is 13.0 Å². The van der Waals surface area contributed by atoms with Crippen LogP contribution in [-0.4, -0.2) is 27.0 Å². The van der Waals surface area contributed by atoms with Crippen LogP contribution in [0.2, 0.25) is 0 Å². The molecule has 1 aliphatic heterocycles. The highest BCUT2D eigenvalue weighted by Gasteiger charge is 2.17. The normalized spacial score (nSPS) is 21.9. The summed E-state index contributed by atoms with van der Waals surface area (Å²) in [6.07, 6.45) is 3.49. The van der Waals surface area contributed by atoms with Crippen molar-refractivity contribution in [3.05, 3.63) is 17.7 Å². The Morgan fingerprint density at radius 3 is 3.33 bits per heavy atom. The fraction of sp³-hybridized carbons (Fsp3) is 0.500. The van der Waals surface area contributed by atoms with Gasteiger partial charge >= 0.3 is 0 Å². The number of imidazole rings is 1. The highest BCUT2D eigenvalue weighted by Crippen LogP contribution is 2.14. The summed E-state index contributed by atoms with van der Waals surface area (Å²) in [6, 6.07) is 0. The number of hydrogen-bond donors (Lipinski definition) is 1. The number of nitrogens with zero attached hydrogens (tertiary/aromatic N) is 2. The summed E-state index contributed by atoms with van der Waals surface area (Å²) >= 11 is 0. The topological polar surface area (TPSA) is 55.1 Å². The molecule has 1 aliphatic rings. The predicted molar refractivity (Wildman–Crippen MR) is 41.9 cm³/mol. The van der Waals surface area contributed by atoms with E-state index in [0.29, 0.717) is 12.1 Å². The summed E-state index contributed by atoms with van der Waals surface area (Å²) in [5.41, 5.74) is 0.458. The van der Waals surface area contributed by atoms with Crippen molar-refractivity contribution in [1.29, 1.82) is 0 Å². The molecule has 4 nitrogen and oxygen atoms in total. The van der Waals surface area contributed by atoms with E-state index in [9.17, 15) is 9.90 Å². The molecule has 0 saturated carbocycles. The van der Waals surface area contributed by atoms with Gasteiger partial charge in [-0.2, -0.15) is 0 Å². The van der Waals surface area contributed by atoms with Gasteiger partial charge in [0.2, 0.25) is 0 Å². The molecule has 0 spiro atoms. The summed E-state index contributed by atoms with van der Waals surface area (Å²) in [5.74, 6) is 0.816. The molecule has 2 heterocycles. The Morgan fingerprint density at radius 1 is 1.75 bits per heavy atom. The smallest absolute Gasteiger partial charge is 0.170 e. The number of hydrogen-bond acceptors (Lipinski definition) is 3. The van der Waals surface area contributed by atoms with Crippen molar-refractivity contribution in [2.75, 3.05) is 0 Å². The molecule has 0 radical (unpaired) electrons. The van der Waals surface area contributed by atoms with Gasteiger partial charge in [-0.3, -0.25) is 4.79 Å². The molecule has 0 aliphatic carbocycles. The molecule has 0 saturated heterocycles. The van der Waals surface area contributed by atoms with Crippen molar-refractivity contribution in [3.63, 3.8) is 0 Å². The Labute approximate surface area is 69.8 Å². The van der Waals surface area contributed by atoms with Crippen LogP contribution >= 0.6 is 0 Å². The third-order valence-corrected chi connectivity index (χ3v) is 2.12. The van der Waals surface area contributed by atoms with E-state index < -0.39 is 0 Å². The first-order chi connectivity index (χ1) is 5.79. The molecule has 1 aromatic rings. The second-order valence-corrected chi connectivity index (χ2v) is 3.04. The number of aliphatic hydroxyl groups is 1. The van der Waals surface area contributed by atoms with Gasteiger partial charge in [-0.15, -0.1) is 0 Å². The number of aromatic nitrogens is 2. The fourth-order valence-electron chi connectivity index (χ4n) is 1.49. The van der Waals surface area contributed by atoms with Gasteiger partial charge in [0.25, 0.3) is 0 Å². The number of aliphatic hydroxyl groups excluding tert-OH is 1. The van der Waals surface area contributed by atoms with Crippen LogP contribution < -0.4 is 0 Å². The molecule has 64 valence electrons. The molecule has 0 fully saturated rings. The van der Waals surface area contributed by atoms with Gasteiger partial charge in [0.1, 0.15) is 11.5 Å². The lowest BCUT2D eigenvalue weighted by atomic mass is 10.1. The molecule has 1 aromatic heterocycles. The van der Waals surface area contributed by atoms with E-state index in [0.717, 1.165) is 25.1 Å². The average molecular weight is 166 g/mol. The molecule has 0 aromatic carbocycles. The Hall–Kier alpha value is -1.16. The van der Waals surface area contributed by atoms with Crippen LogP contribution in [0.5, 0.6) is 0 Å². The summed E-state index contributed by atoms with van der Waals surface area (Å²) < 4.78 is 1.93. The summed E-state index contributed by atoms with van der Waals surface area (Å²) in [6.45, 7) is 0.761. The molecule has 2 rings (SSSR count).